The van der Waals surface area contributed by atoms with Crippen molar-refractivity contribution < 1.29 is 17.5 Å². The van der Waals surface area contributed by atoms with E-state index in [0.29, 0.717) is 35.4 Å². The molecular formula is C18H19FN2O3S. The highest BCUT2D eigenvalue weighted by Gasteiger charge is 2.22. The van der Waals surface area contributed by atoms with E-state index in [1.54, 1.807) is 31.2 Å². The number of hydrogen-bond donors (Lipinski definition) is 1. The minimum Gasteiger partial charge on any atom is -0.492 e. The second kappa shape index (κ2) is 6.85. The van der Waals surface area contributed by atoms with Crippen molar-refractivity contribution in [2.45, 2.75) is 11.8 Å². The van der Waals surface area contributed by atoms with Crippen molar-refractivity contribution in [3.8, 4) is 5.75 Å². The SMILES string of the molecule is CNCCOc1cccc2c1ccn2S(=O)(=O)c1cc(F)ccc1C. The first-order valence-electron chi connectivity index (χ1n) is 7.84. The minimum absolute atomic E-state index is 0.0495. The van der Waals surface area contributed by atoms with Crippen molar-refractivity contribution in [2.24, 2.45) is 0 Å². The lowest BCUT2D eigenvalue weighted by Crippen LogP contribution is -2.16. The second-order valence-electron chi connectivity index (χ2n) is 5.67. The molecular weight excluding hydrogens is 343 g/mol. The van der Waals surface area contributed by atoms with Crippen LogP contribution in [0.5, 0.6) is 5.75 Å². The van der Waals surface area contributed by atoms with Crippen molar-refractivity contribution in [3.63, 3.8) is 0 Å². The fourth-order valence-electron chi connectivity index (χ4n) is 2.67. The van der Waals surface area contributed by atoms with Crippen LogP contribution in [0.2, 0.25) is 0 Å². The van der Waals surface area contributed by atoms with E-state index in [-0.39, 0.29) is 4.90 Å². The molecule has 0 amide bonds. The Hall–Kier alpha value is -2.38. The van der Waals surface area contributed by atoms with Crippen molar-refractivity contribution in [1.29, 1.82) is 0 Å². The zero-order chi connectivity index (χ0) is 18.0. The van der Waals surface area contributed by atoms with Gasteiger partial charge in [-0.2, -0.15) is 0 Å². The molecule has 0 aliphatic carbocycles. The summed E-state index contributed by atoms with van der Waals surface area (Å²) in [6, 6.07) is 10.7. The average molecular weight is 362 g/mol. The third-order valence-electron chi connectivity index (χ3n) is 3.95. The molecule has 0 bridgehead atoms. The summed E-state index contributed by atoms with van der Waals surface area (Å²) < 4.78 is 46.4. The summed E-state index contributed by atoms with van der Waals surface area (Å²) in [5.74, 6) is 0.0226. The topological polar surface area (TPSA) is 60.3 Å². The van der Waals surface area contributed by atoms with Crippen LogP contribution >= 0.6 is 0 Å². The van der Waals surface area contributed by atoms with Gasteiger partial charge in [0.05, 0.1) is 10.4 Å². The van der Waals surface area contributed by atoms with Gasteiger partial charge in [-0.1, -0.05) is 12.1 Å². The molecule has 0 atom stereocenters. The molecule has 0 aliphatic heterocycles. The molecule has 0 radical (unpaired) electrons. The quantitative estimate of drug-likeness (QED) is 0.685. The molecule has 0 spiro atoms. The first-order chi connectivity index (χ1) is 11.9. The Bertz CT molecular complexity index is 1010. The van der Waals surface area contributed by atoms with Gasteiger partial charge in [-0.25, -0.2) is 16.8 Å². The maximum atomic E-state index is 13.6. The van der Waals surface area contributed by atoms with Crippen LogP contribution in [0.4, 0.5) is 4.39 Å². The summed E-state index contributed by atoms with van der Waals surface area (Å²) in [7, 11) is -2.08. The van der Waals surface area contributed by atoms with Crippen LogP contribution < -0.4 is 10.1 Å². The highest BCUT2D eigenvalue weighted by atomic mass is 32.2. The zero-order valence-electron chi connectivity index (χ0n) is 14.0. The fraction of sp³-hybridized carbons (Fsp3) is 0.222. The molecule has 2 aromatic carbocycles. The van der Waals surface area contributed by atoms with Crippen molar-refractivity contribution in [2.75, 3.05) is 20.2 Å². The molecule has 1 aromatic heterocycles. The fourth-order valence-corrected chi connectivity index (χ4v) is 4.26. The summed E-state index contributed by atoms with van der Waals surface area (Å²) >= 11 is 0. The van der Waals surface area contributed by atoms with E-state index < -0.39 is 15.8 Å². The summed E-state index contributed by atoms with van der Waals surface area (Å²) in [6.45, 7) is 2.79. The van der Waals surface area contributed by atoms with Gasteiger partial charge in [-0.3, -0.25) is 0 Å². The summed E-state index contributed by atoms with van der Waals surface area (Å²) in [5.41, 5.74) is 0.982. The molecule has 132 valence electrons. The van der Waals surface area contributed by atoms with Gasteiger partial charge in [0.15, 0.2) is 0 Å². The van der Waals surface area contributed by atoms with E-state index in [0.717, 1.165) is 10.0 Å². The Morgan fingerprint density at radius 1 is 1.20 bits per heavy atom. The maximum Gasteiger partial charge on any atom is 0.268 e. The van der Waals surface area contributed by atoms with E-state index >= 15 is 0 Å². The van der Waals surface area contributed by atoms with Crippen LogP contribution in [-0.4, -0.2) is 32.6 Å². The lowest BCUT2D eigenvalue weighted by atomic mass is 10.2. The first kappa shape index (κ1) is 17.4. The Labute approximate surface area is 146 Å². The monoisotopic (exact) mass is 362 g/mol. The van der Waals surface area contributed by atoms with Crippen molar-refractivity contribution >= 4 is 20.9 Å². The minimum atomic E-state index is -3.91. The van der Waals surface area contributed by atoms with Gasteiger partial charge in [0.25, 0.3) is 10.0 Å². The van der Waals surface area contributed by atoms with Gasteiger partial charge in [-0.05, 0) is 49.9 Å². The van der Waals surface area contributed by atoms with E-state index in [4.69, 9.17) is 4.74 Å². The third-order valence-corrected chi connectivity index (χ3v) is 5.79. The molecule has 0 saturated heterocycles. The number of nitrogens with zero attached hydrogens (tertiary/aromatic N) is 1. The Morgan fingerprint density at radius 2 is 2.00 bits per heavy atom. The van der Waals surface area contributed by atoms with Crippen LogP contribution in [0.25, 0.3) is 10.9 Å². The lowest BCUT2D eigenvalue weighted by molar-refractivity contribution is 0.322. The number of likely N-dealkylation sites (N-methyl/N-ethyl adjacent to an activating group) is 1. The lowest BCUT2D eigenvalue weighted by Gasteiger charge is -2.11. The van der Waals surface area contributed by atoms with Gasteiger partial charge >= 0.3 is 0 Å². The Morgan fingerprint density at radius 3 is 2.76 bits per heavy atom. The number of benzene rings is 2. The molecule has 1 heterocycles. The normalized spacial score (nSPS) is 11.8. The number of fused-ring (bicyclic) bond motifs is 1. The van der Waals surface area contributed by atoms with E-state index in [1.807, 2.05) is 7.05 Å². The molecule has 0 saturated carbocycles. The summed E-state index contributed by atoms with van der Waals surface area (Å²) in [4.78, 5) is -0.0495. The first-order valence-corrected chi connectivity index (χ1v) is 9.28. The molecule has 1 N–H and O–H groups in total. The number of aromatic nitrogens is 1. The zero-order valence-corrected chi connectivity index (χ0v) is 14.8. The molecule has 3 rings (SSSR count). The number of aryl methyl sites for hydroxylation is 1. The molecule has 7 heteroatoms. The van der Waals surface area contributed by atoms with Crippen LogP contribution in [0.15, 0.2) is 53.6 Å². The molecule has 0 fully saturated rings. The predicted molar refractivity (Wildman–Crippen MR) is 95.1 cm³/mol. The standard InChI is InChI=1S/C18H19FN2O3S/c1-13-6-7-14(19)12-18(13)25(22,23)21-10-8-15-16(21)4-3-5-17(15)24-11-9-20-2/h3-8,10,12,20H,9,11H2,1-2H3. The highest BCUT2D eigenvalue weighted by Crippen LogP contribution is 2.30. The smallest absolute Gasteiger partial charge is 0.268 e. The molecule has 25 heavy (non-hydrogen) atoms. The average Bonchev–Trinajstić information content (AvgIpc) is 3.03. The second-order valence-corrected chi connectivity index (χ2v) is 7.45. The highest BCUT2D eigenvalue weighted by molar-refractivity contribution is 7.90. The summed E-state index contributed by atoms with van der Waals surface area (Å²) in [5, 5.41) is 3.68. The molecule has 0 aliphatic rings. The van der Waals surface area contributed by atoms with Crippen LogP contribution in [0, 0.1) is 12.7 Å². The third kappa shape index (κ3) is 3.25. The maximum absolute atomic E-state index is 13.6. The Kier molecular flexibility index (Phi) is 4.78. The molecule has 5 nitrogen and oxygen atoms in total. The van der Waals surface area contributed by atoms with Gasteiger partial charge in [0, 0.05) is 18.1 Å². The number of nitrogens with one attached hydrogen (secondary N) is 1. The largest absolute Gasteiger partial charge is 0.492 e. The van der Waals surface area contributed by atoms with Crippen molar-refractivity contribution in [1.82, 2.24) is 9.29 Å². The molecule has 0 unspecified atom stereocenters. The predicted octanol–water partition coefficient (Wildman–Crippen LogP) is 2.92. The number of hydrogen-bond acceptors (Lipinski definition) is 4. The number of rotatable bonds is 6. The summed E-state index contributed by atoms with van der Waals surface area (Å²) in [6.07, 6.45) is 1.47. The van der Waals surface area contributed by atoms with Gasteiger partial charge < -0.3 is 10.1 Å². The van der Waals surface area contributed by atoms with Crippen LogP contribution in [0.3, 0.4) is 0 Å². The number of halogens is 1. The Balaban J connectivity index is 2.10. The molecule has 3 aromatic rings. The van der Waals surface area contributed by atoms with Gasteiger partial charge in [-0.15, -0.1) is 0 Å². The van der Waals surface area contributed by atoms with Gasteiger partial charge in [0.2, 0.25) is 0 Å². The van der Waals surface area contributed by atoms with E-state index in [9.17, 15) is 12.8 Å². The van der Waals surface area contributed by atoms with E-state index in [1.165, 1.54) is 18.3 Å². The van der Waals surface area contributed by atoms with Crippen LogP contribution in [0.1, 0.15) is 5.56 Å². The van der Waals surface area contributed by atoms with E-state index in [2.05, 4.69) is 5.32 Å². The number of ether oxygens (including phenoxy) is 1. The van der Waals surface area contributed by atoms with Crippen molar-refractivity contribution in [3.05, 3.63) is 60.0 Å². The van der Waals surface area contributed by atoms with Crippen LogP contribution in [-0.2, 0) is 10.0 Å². The van der Waals surface area contributed by atoms with Gasteiger partial charge in [0.1, 0.15) is 18.2 Å².